The van der Waals surface area contributed by atoms with Crippen LogP contribution in [0.15, 0.2) is 24.3 Å². The maximum atomic E-state index is 10.8. The zero-order valence-electron chi connectivity index (χ0n) is 8.54. The molecular weight excluding hydrogens is 244 g/mol. The first kappa shape index (κ1) is 13.4. The van der Waals surface area contributed by atoms with E-state index < -0.39 is 0 Å². The molecule has 3 heteroatoms. The molecule has 0 aliphatic rings. The molecule has 0 saturated heterocycles. The quantitative estimate of drug-likeness (QED) is 0.231. The Morgan fingerprint density at radius 3 is 2.50 bits per heavy atom. The van der Waals surface area contributed by atoms with Crippen LogP contribution in [0.5, 0.6) is 0 Å². The van der Waals surface area contributed by atoms with Gasteiger partial charge in [0, 0.05) is 11.4 Å². The number of alkyl halides is 1. The number of halogens is 1. The van der Waals surface area contributed by atoms with Crippen LogP contribution < -0.4 is 0 Å². The van der Waals surface area contributed by atoms with Gasteiger partial charge in [-0.05, 0) is 26.2 Å². The van der Waals surface area contributed by atoms with Crippen LogP contribution in [0.3, 0.4) is 0 Å². The Labute approximate surface area is 94.2 Å². The third-order valence-corrected chi connectivity index (χ3v) is 1.94. The van der Waals surface area contributed by atoms with Gasteiger partial charge in [-0.25, -0.2) is 4.79 Å². The first-order valence-corrected chi connectivity index (χ1v) is 5.97. The van der Waals surface area contributed by atoms with Crippen molar-refractivity contribution in [2.45, 2.75) is 26.2 Å². The molecule has 14 heavy (non-hydrogen) atoms. The number of unbranched alkanes of at least 4 members (excludes halogenated alkanes) is 1. The first-order chi connectivity index (χ1) is 6.81. The average molecular weight is 261 g/mol. The fourth-order valence-electron chi connectivity index (χ4n) is 0.861. The van der Waals surface area contributed by atoms with Gasteiger partial charge < -0.3 is 4.74 Å². The molecule has 0 bridgehead atoms. The van der Waals surface area contributed by atoms with E-state index in [1.54, 1.807) is 6.92 Å². The lowest BCUT2D eigenvalue weighted by molar-refractivity contribution is -0.137. The van der Waals surface area contributed by atoms with E-state index in [-0.39, 0.29) is 5.97 Å². The molecule has 0 rings (SSSR count). The molecule has 0 aromatic rings. The normalized spacial score (nSPS) is 11.3. The van der Waals surface area contributed by atoms with Crippen molar-refractivity contribution in [2.24, 2.45) is 0 Å². The summed E-state index contributed by atoms with van der Waals surface area (Å²) in [6.45, 7) is 2.24. The lowest BCUT2D eigenvalue weighted by atomic mass is 10.2. The number of carbonyl (C=O) groups is 1. The molecule has 0 spiro atoms. The zero-order chi connectivity index (χ0) is 10.6. The maximum Gasteiger partial charge on any atom is 0.330 e. The fraction of sp³-hybridized carbons (Fsp3) is 0.545. The summed E-state index contributed by atoms with van der Waals surface area (Å²) in [6, 6.07) is 0. The van der Waals surface area contributed by atoms with Gasteiger partial charge in [0.2, 0.25) is 0 Å². The van der Waals surface area contributed by atoms with Crippen molar-refractivity contribution < 1.29 is 9.53 Å². The second-order valence-corrected chi connectivity index (χ2v) is 3.47. The molecule has 0 aromatic carbocycles. The Morgan fingerprint density at radius 1 is 1.21 bits per heavy atom. The van der Waals surface area contributed by atoms with Crippen LogP contribution >= 0.6 is 15.9 Å². The minimum atomic E-state index is -0.253. The van der Waals surface area contributed by atoms with Crippen molar-refractivity contribution in [3.05, 3.63) is 24.3 Å². The minimum absolute atomic E-state index is 0.253. The monoisotopic (exact) mass is 260 g/mol. The highest BCUT2D eigenvalue weighted by atomic mass is 79.9. The Hall–Kier alpha value is -0.570. The number of allylic oxidation sites excluding steroid dienone is 3. The fourth-order valence-corrected chi connectivity index (χ4v) is 1.13. The molecule has 0 heterocycles. The summed E-state index contributed by atoms with van der Waals surface area (Å²) in [5.41, 5.74) is 0. The third kappa shape index (κ3) is 9.52. The van der Waals surface area contributed by atoms with Crippen LogP contribution in [0.1, 0.15) is 26.2 Å². The van der Waals surface area contributed by atoms with Crippen molar-refractivity contribution in [3.8, 4) is 0 Å². The predicted molar refractivity (Wildman–Crippen MR) is 62.6 cm³/mol. The summed E-state index contributed by atoms with van der Waals surface area (Å²) in [6.07, 6.45) is 10.5. The van der Waals surface area contributed by atoms with Gasteiger partial charge in [-0.2, -0.15) is 0 Å². The van der Waals surface area contributed by atoms with E-state index in [2.05, 4.69) is 28.1 Å². The predicted octanol–water partition coefficient (Wildman–Crippen LogP) is 3.23. The number of hydrogen-bond donors (Lipinski definition) is 0. The number of esters is 1. The molecule has 0 aliphatic heterocycles. The van der Waals surface area contributed by atoms with Gasteiger partial charge in [-0.3, -0.25) is 0 Å². The van der Waals surface area contributed by atoms with Gasteiger partial charge in [0.1, 0.15) is 0 Å². The summed E-state index contributed by atoms with van der Waals surface area (Å²) in [5, 5.41) is 1.00. The Bertz CT molecular complexity index is 197. The molecule has 0 aromatic heterocycles. The summed E-state index contributed by atoms with van der Waals surface area (Å²) < 4.78 is 4.74. The summed E-state index contributed by atoms with van der Waals surface area (Å²) in [5.74, 6) is -0.253. The number of hydrogen-bond acceptors (Lipinski definition) is 2. The molecule has 80 valence electrons. The number of ether oxygens (including phenoxy) is 1. The first-order valence-electron chi connectivity index (χ1n) is 4.85. The largest absolute Gasteiger partial charge is 0.463 e. The number of carbonyl (C=O) groups excluding carboxylic acids is 1. The van der Waals surface area contributed by atoms with E-state index in [0.29, 0.717) is 6.61 Å². The van der Waals surface area contributed by atoms with Crippen molar-refractivity contribution in [3.63, 3.8) is 0 Å². The molecule has 0 saturated carbocycles. The minimum Gasteiger partial charge on any atom is -0.463 e. The van der Waals surface area contributed by atoms with Crippen LogP contribution in [0.2, 0.25) is 0 Å². The lowest BCUT2D eigenvalue weighted by Crippen LogP contribution is -1.98. The van der Waals surface area contributed by atoms with E-state index in [0.717, 1.165) is 24.6 Å². The van der Waals surface area contributed by atoms with Gasteiger partial charge in [0.25, 0.3) is 0 Å². The van der Waals surface area contributed by atoms with E-state index in [1.165, 1.54) is 6.08 Å². The Balaban J connectivity index is 3.39. The lowest BCUT2D eigenvalue weighted by Gasteiger charge is -1.93. The maximum absolute atomic E-state index is 10.8. The van der Waals surface area contributed by atoms with Gasteiger partial charge in [0.15, 0.2) is 0 Å². The van der Waals surface area contributed by atoms with Gasteiger partial charge >= 0.3 is 5.97 Å². The molecule has 0 aliphatic carbocycles. The molecule has 2 nitrogen and oxygen atoms in total. The van der Waals surface area contributed by atoms with Gasteiger partial charge in [-0.15, -0.1) is 0 Å². The highest BCUT2D eigenvalue weighted by Crippen LogP contribution is 1.96. The summed E-state index contributed by atoms with van der Waals surface area (Å²) in [4.78, 5) is 10.8. The molecule has 0 amide bonds. The van der Waals surface area contributed by atoms with Crippen LogP contribution in [0.25, 0.3) is 0 Å². The van der Waals surface area contributed by atoms with Crippen molar-refractivity contribution in [1.29, 1.82) is 0 Å². The zero-order valence-corrected chi connectivity index (χ0v) is 10.1. The standard InChI is InChI=1S/C11H17BrO2/c1-2-14-11(13)9-7-5-3-4-6-8-10-12/h4,6-7,9H,2-3,5,8,10H2,1H3/b6-4+,9-7+. The van der Waals surface area contributed by atoms with Gasteiger partial charge in [0.05, 0.1) is 6.61 Å². The second-order valence-electron chi connectivity index (χ2n) is 2.68. The van der Waals surface area contributed by atoms with Crippen molar-refractivity contribution in [2.75, 3.05) is 11.9 Å². The second kappa shape index (κ2) is 10.5. The van der Waals surface area contributed by atoms with Crippen molar-refractivity contribution in [1.82, 2.24) is 0 Å². The van der Waals surface area contributed by atoms with E-state index in [9.17, 15) is 4.79 Å². The topological polar surface area (TPSA) is 26.3 Å². The summed E-state index contributed by atoms with van der Waals surface area (Å²) in [7, 11) is 0. The SMILES string of the molecule is CCOC(=O)/C=C/CC/C=C/CCBr. The van der Waals surface area contributed by atoms with Crippen LogP contribution in [0, 0.1) is 0 Å². The van der Waals surface area contributed by atoms with E-state index >= 15 is 0 Å². The molecular formula is C11H17BrO2. The highest BCUT2D eigenvalue weighted by Gasteiger charge is 1.90. The Morgan fingerprint density at radius 2 is 1.86 bits per heavy atom. The molecule has 0 unspecified atom stereocenters. The van der Waals surface area contributed by atoms with Crippen molar-refractivity contribution >= 4 is 21.9 Å². The van der Waals surface area contributed by atoms with E-state index in [1.807, 2.05) is 6.08 Å². The highest BCUT2D eigenvalue weighted by molar-refractivity contribution is 9.09. The van der Waals surface area contributed by atoms with Crippen LogP contribution in [-0.4, -0.2) is 17.9 Å². The molecule has 0 fully saturated rings. The van der Waals surface area contributed by atoms with Crippen LogP contribution in [-0.2, 0) is 9.53 Å². The average Bonchev–Trinajstić information content (AvgIpc) is 2.17. The smallest absolute Gasteiger partial charge is 0.330 e. The summed E-state index contributed by atoms with van der Waals surface area (Å²) >= 11 is 3.34. The van der Waals surface area contributed by atoms with Crippen LogP contribution in [0.4, 0.5) is 0 Å². The Kier molecular flexibility index (Phi) is 10.1. The third-order valence-electron chi connectivity index (χ3n) is 1.48. The van der Waals surface area contributed by atoms with E-state index in [4.69, 9.17) is 4.74 Å². The molecule has 0 N–H and O–H groups in total. The van der Waals surface area contributed by atoms with Gasteiger partial charge in [-0.1, -0.05) is 34.2 Å². The molecule has 0 atom stereocenters. The number of rotatable bonds is 7. The molecule has 0 radical (unpaired) electrons.